The molecule has 0 radical (unpaired) electrons. The van der Waals surface area contributed by atoms with Gasteiger partial charge >= 0.3 is 0 Å². The maximum Gasteiger partial charge on any atom is 0.217 e. The average molecular weight is 494 g/mol. The van der Waals surface area contributed by atoms with Crippen molar-refractivity contribution in [3.63, 3.8) is 0 Å². The third-order valence-electron chi connectivity index (χ3n) is 7.84. The van der Waals surface area contributed by atoms with Gasteiger partial charge in [-0.15, -0.1) is 0 Å². The first-order valence-corrected chi connectivity index (χ1v) is 13.2. The Kier molecular flexibility index (Phi) is 7.15. The summed E-state index contributed by atoms with van der Waals surface area (Å²) in [5, 5.41) is 25.5. The van der Waals surface area contributed by atoms with Crippen molar-refractivity contribution in [3.05, 3.63) is 83.4 Å². The molecule has 1 saturated carbocycles. The molecule has 0 saturated heterocycles. The van der Waals surface area contributed by atoms with Gasteiger partial charge in [0.1, 0.15) is 0 Å². The lowest BCUT2D eigenvalue weighted by molar-refractivity contribution is -0.0101. The van der Waals surface area contributed by atoms with Crippen LogP contribution in [0.2, 0.25) is 0 Å². The standard InChI is InChI=1S/C32H35N3O2/c1-35(2)18-17-32(36,28-10-6-8-24-7-4-5-9-26(24)28)29(15-13-22-11-12-22)27-20-25-19-23(21-33)14-16-30(25)34-31(27)37-3/h4-10,14,16,19-20,22,29,36H,11-13,15,17-18H2,1-3H3. The number of nitriles is 1. The Labute approximate surface area is 219 Å². The van der Waals surface area contributed by atoms with E-state index in [4.69, 9.17) is 9.72 Å². The molecular formula is C32H35N3O2. The molecule has 190 valence electrons. The molecule has 5 nitrogen and oxygen atoms in total. The van der Waals surface area contributed by atoms with Crippen molar-refractivity contribution in [3.8, 4) is 11.9 Å². The van der Waals surface area contributed by atoms with E-state index in [2.05, 4.69) is 41.3 Å². The number of aliphatic hydroxyl groups is 1. The summed E-state index contributed by atoms with van der Waals surface area (Å²) in [4.78, 5) is 6.97. The van der Waals surface area contributed by atoms with Crippen molar-refractivity contribution in [2.75, 3.05) is 27.7 Å². The summed E-state index contributed by atoms with van der Waals surface area (Å²) in [5.74, 6) is 1.04. The molecule has 1 aliphatic carbocycles. The fourth-order valence-electron chi connectivity index (χ4n) is 5.61. The minimum absolute atomic E-state index is 0.226. The van der Waals surface area contributed by atoms with Crippen molar-refractivity contribution in [2.45, 2.75) is 43.6 Å². The highest BCUT2D eigenvalue weighted by Crippen LogP contribution is 2.49. The summed E-state index contributed by atoms with van der Waals surface area (Å²) < 4.78 is 5.86. The predicted molar refractivity (Wildman–Crippen MR) is 149 cm³/mol. The molecule has 1 aliphatic rings. The van der Waals surface area contributed by atoms with Crippen LogP contribution in [0.1, 0.15) is 54.7 Å². The molecule has 5 rings (SSSR count). The smallest absolute Gasteiger partial charge is 0.217 e. The van der Waals surface area contributed by atoms with Gasteiger partial charge in [0.15, 0.2) is 0 Å². The minimum atomic E-state index is -1.14. The number of nitrogens with zero attached hydrogens (tertiary/aromatic N) is 3. The van der Waals surface area contributed by atoms with Gasteiger partial charge in [-0.05, 0) is 79.9 Å². The molecule has 2 unspecified atom stereocenters. The molecule has 2 atom stereocenters. The zero-order valence-corrected chi connectivity index (χ0v) is 21.9. The number of ether oxygens (including phenoxy) is 1. The van der Waals surface area contributed by atoms with Crippen LogP contribution < -0.4 is 4.74 Å². The van der Waals surface area contributed by atoms with E-state index in [9.17, 15) is 10.4 Å². The van der Waals surface area contributed by atoms with Gasteiger partial charge in [-0.25, -0.2) is 4.98 Å². The highest BCUT2D eigenvalue weighted by atomic mass is 16.5. The average Bonchev–Trinajstić information content (AvgIpc) is 3.75. The first kappa shape index (κ1) is 25.2. The molecule has 37 heavy (non-hydrogen) atoms. The molecule has 4 aromatic rings. The Morgan fingerprint density at radius 1 is 1.08 bits per heavy atom. The number of rotatable bonds is 10. The fraction of sp³-hybridized carbons (Fsp3) is 0.375. The Morgan fingerprint density at radius 2 is 1.86 bits per heavy atom. The summed E-state index contributed by atoms with van der Waals surface area (Å²) in [6, 6.07) is 24.4. The Bertz CT molecular complexity index is 1450. The SMILES string of the molecule is COc1nc2ccc(C#N)cc2cc1C(CCC1CC1)C(O)(CCN(C)C)c1cccc2ccccc12. The second-order valence-corrected chi connectivity index (χ2v) is 10.7. The van der Waals surface area contributed by atoms with E-state index < -0.39 is 5.60 Å². The Morgan fingerprint density at radius 3 is 2.59 bits per heavy atom. The van der Waals surface area contributed by atoms with Crippen LogP contribution >= 0.6 is 0 Å². The van der Waals surface area contributed by atoms with Crippen LogP contribution in [0.5, 0.6) is 5.88 Å². The van der Waals surface area contributed by atoms with Gasteiger partial charge in [-0.2, -0.15) is 5.26 Å². The van der Waals surface area contributed by atoms with Crippen molar-refractivity contribution >= 4 is 21.7 Å². The van der Waals surface area contributed by atoms with Crippen LogP contribution in [0.4, 0.5) is 0 Å². The molecule has 1 aromatic heterocycles. The third-order valence-corrected chi connectivity index (χ3v) is 7.84. The zero-order valence-electron chi connectivity index (χ0n) is 21.9. The van der Waals surface area contributed by atoms with Gasteiger partial charge in [0.2, 0.25) is 5.88 Å². The number of methoxy groups -OCH3 is 1. The van der Waals surface area contributed by atoms with Crippen LogP contribution in [-0.4, -0.2) is 42.7 Å². The van der Waals surface area contributed by atoms with E-state index in [1.54, 1.807) is 13.2 Å². The van der Waals surface area contributed by atoms with E-state index in [0.717, 1.165) is 58.1 Å². The summed E-state index contributed by atoms with van der Waals surface area (Å²) >= 11 is 0. The first-order valence-electron chi connectivity index (χ1n) is 13.2. The second-order valence-electron chi connectivity index (χ2n) is 10.7. The van der Waals surface area contributed by atoms with E-state index >= 15 is 0 Å². The van der Waals surface area contributed by atoms with Gasteiger partial charge in [0.05, 0.1) is 29.9 Å². The van der Waals surface area contributed by atoms with Crippen molar-refractivity contribution in [1.29, 1.82) is 5.26 Å². The number of benzene rings is 3. The maximum absolute atomic E-state index is 12.9. The van der Waals surface area contributed by atoms with Crippen LogP contribution in [0, 0.1) is 17.2 Å². The van der Waals surface area contributed by atoms with Crippen molar-refractivity contribution in [2.24, 2.45) is 5.92 Å². The maximum atomic E-state index is 12.9. The van der Waals surface area contributed by atoms with Crippen LogP contribution in [0.15, 0.2) is 66.7 Å². The number of fused-ring (bicyclic) bond motifs is 2. The Balaban J connectivity index is 1.73. The lowest BCUT2D eigenvalue weighted by Gasteiger charge is -2.39. The molecular weight excluding hydrogens is 458 g/mol. The number of hydrogen-bond donors (Lipinski definition) is 1. The fourth-order valence-corrected chi connectivity index (χ4v) is 5.61. The molecule has 1 fully saturated rings. The second kappa shape index (κ2) is 10.5. The quantitative estimate of drug-likeness (QED) is 0.278. The number of aromatic nitrogens is 1. The van der Waals surface area contributed by atoms with Crippen molar-refractivity contribution < 1.29 is 9.84 Å². The highest BCUT2D eigenvalue weighted by molar-refractivity contribution is 5.87. The molecule has 1 heterocycles. The van der Waals surface area contributed by atoms with Crippen molar-refractivity contribution in [1.82, 2.24) is 9.88 Å². The third kappa shape index (κ3) is 5.18. The van der Waals surface area contributed by atoms with Crippen LogP contribution in [-0.2, 0) is 5.60 Å². The van der Waals surface area contributed by atoms with Gasteiger partial charge in [0, 0.05) is 23.4 Å². The lowest BCUT2D eigenvalue weighted by atomic mass is 9.71. The van der Waals surface area contributed by atoms with E-state index in [-0.39, 0.29) is 5.92 Å². The van der Waals surface area contributed by atoms with Gasteiger partial charge < -0.3 is 14.7 Å². The first-order chi connectivity index (χ1) is 17.9. The molecule has 0 bridgehead atoms. The monoisotopic (exact) mass is 493 g/mol. The van der Waals surface area contributed by atoms with Crippen LogP contribution in [0.3, 0.4) is 0 Å². The normalized spacial score (nSPS) is 16.0. The summed E-state index contributed by atoms with van der Waals surface area (Å²) in [7, 11) is 5.74. The topological polar surface area (TPSA) is 69.4 Å². The molecule has 0 amide bonds. The molecule has 0 aliphatic heterocycles. The van der Waals surface area contributed by atoms with E-state index in [1.165, 1.54) is 12.8 Å². The summed E-state index contributed by atoms with van der Waals surface area (Å²) in [6.45, 7) is 0.738. The number of pyridine rings is 1. The molecule has 0 spiro atoms. The summed E-state index contributed by atoms with van der Waals surface area (Å²) in [6.07, 6.45) is 4.98. The van der Waals surface area contributed by atoms with Crippen LogP contribution in [0.25, 0.3) is 21.7 Å². The molecule has 1 N–H and O–H groups in total. The Hall–Kier alpha value is -3.46. The molecule has 5 heteroatoms. The molecule has 3 aromatic carbocycles. The van der Waals surface area contributed by atoms with E-state index in [1.807, 2.05) is 44.4 Å². The van der Waals surface area contributed by atoms with Gasteiger partial charge in [0.25, 0.3) is 0 Å². The predicted octanol–water partition coefficient (Wildman–Crippen LogP) is 6.38. The zero-order chi connectivity index (χ0) is 26.0. The number of hydrogen-bond acceptors (Lipinski definition) is 5. The minimum Gasteiger partial charge on any atom is -0.481 e. The van der Waals surface area contributed by atoms with Gasteiger partial charge in [-0.1, -0.05) is 55.3 Å². The van der Waals surface area contributed by atoms with Gasteiger partial charge in [-0.3, -0.25) is 0 Å². The summed E-state index contributed by atoms with van der Waals surface area (Å²) in [5.41, 5.74) is 2.08. The largest absolute Gasteiger partial charge is 0.481 e. The highest BCUT2D eigenvalue weighted by Gasteiger charge is 2.42. The van der Waals surface area contributed by atoms with E-state index in [0.29, 0.717) is 17.9 Å². The lowest BCUT2D eigenvalue weighted by Crippen LogP contribution is -2.37.